The molecule has 3 saturated heterocycles. The lowest BCUT2D eigenvalue weighted by Crippen LogP contribution is -2.57. The minimum Gasteiger partial charge on any atom is -0.497 e. The van der Waals surface area contributed by atoms with Crippen LogP contribution in [-0.2, 0) is 25.5 Å². The number of ether oxygens (including phenoxy) is 2. The van der Waals surface area contributed by atoms with Crippen LogP contribution >= 0.6 is 0 Å². The van der Waals surface area contributed by atoms with Crippen molar-refractivity contribution in [3.05, 3.63) is 60.2 Å². The van der Waals surface area contributed by atoms with Crippen LogP contribution in [0.1, 0.15) is 39.2 Å². The Balaban J connectivity index is 1.56. The summed E-state index contributed by atoms with van der Waals surface area (Å²) >= 11 is 0. The predicted octanol–water partition coefficient (Wildman–Crippen LogP) is 2.77. The average Bonchev–Trinajstić information content (AvgIpc) is 3.47. The molecule has 0 radical (unpaired) electrons. The fraction of sp³-hybridized carbons (Fsp3) is 0.516. The molecule has 214 valence electrons. The zero-order valence-corrected chi connectivity index (χ0v) is 23.6. The number of hydrogen-bond donors (Lipinski definition) is 3. The first-order valence-corrected chi connectivity index (χ1v) is 14.1. The van der Waals surface area contributed by atoms with E-state index >= 15 is 0 Å². The molecule has 3 unspecified atom stereocenters. The Morgan fingerprint density at radius 3 is 2.48 bits per heavy atom. The topological polar surface area (TPSA) is 117 Å². The number of nitrogens with one attached hydrogen (secondary N) is 2. The van der Waals surface area contributed by atoms with Crippen molar-refractivity contribution in [3.8, 4) is 5.75 Å². The van der Waals surface area contributed by atoms with Crippen molar-refractivity contribution in [1.82, 2.24) is 10.2 Å². The summed E-state index contributed by atoms with van der Waals surface area (Å²) in [6, 6.07) is 14.8. The number of carbonyl (C=O) groups is 3. The first-order valence-electron chi connectivity index (χ1n) is 14.1. The monoisotopic (exact) mass is 549 g/mol. The van der Waals surface area contributed by atoms with E-state index in [0.717, 1.165) is 12.0 Å². The van der Waals surface area contributed by atoms with Crippen LogP contribution in [0.4, 0.5) is 5.69 Å². The third-order valence-corrected chi connectivity index (χ3v) is 9.11. The highest BCUT2D eigenvalue weighted by Crippen LogP contribution is 2.65. The van der Waals surface area contributed by atoms with E-state index in [1.807, 2.05) is 51.1 Å². The number of benzene rings is 2. The molecule has 2 bridgehead atoms. The summed E-state index contributed by atoms with van der Waals surface area (Å²) in [4.78, 5) is 43.7. The van der Waals surface area contributed by atoms with E-state index in [0.29, 0.717) is 30.8 Å². The van der Waals surface area contributed by atoms with Crippen LogP contribution < -0.4 is 15.4 Å². The van der Waals surface area contributed by atoms with Gasteiger partial charge < -0.3 is 30.1 Å². The second kappa shape index (κ2) is 10.9. The first kappa shape index (κ1) is 28.1. The van der Waals surface area contributed by atoms with E-state index in [4.69, 9.17) is 9.47 Å². The number of nitrogens with zero attached hydrogens (tertiary/aromatic N) is 1. The molecule has 0 saturated carbocycles. The van der Waals surface area contributed by atoms with Crippen LogP contribution in [-0.4, -0.2) is 71.3 Å². The molecule has 9 heteroatoms. The highest BCUT2D eigenvalue weighted by atomic mass is 16.5. The van der Waals surface area contributed by atoms with Crippen molar-refractivity contribution in [1.29, 1.82) is 0 Å². The third kappa shape index (κ3) is 4.45. The van der Waals surface area contributed by atoms with E-state index < -0.39 is 41.0 Å². The summed E-state index contributed by atoms with van der Waals surface area (Å²) < 4.78 is 12.0. The maximum absolute atomic E-state index is 14.4. The number of aliphatic hydroxyl groups is 1. The molecule has 3 N–H and O–H groups in total. The maximum Gasteiger partial charge on any atom is 0.250 e. The lowest BCUT2D eigenvalue weighted by Gasteiger charge is -2.37. The smallest absolute Gasteiger partial charge is 0.250 e. The Morgan fingerprint density at radius 2 is 1.85 bits per heavy atom. The highest BCUT2D eigenvalue weighted by Gasteiger charge is 2.80. The quantitative estimate of drug-likeness (QED) is 0.420. The van der Waals surface area contributed by atoms with Crippen molar-refractivity contribution in [2.24, 2.45) is 17.8 Å². The molecule has 0 aromatic heterocycles. The van der Waals surface area contributed by atoms with Gasteiger partial charge in [-0.2, -0.15) is 0 Å². The number of rotatable bonds is 10. The molecule has 3 fully saturated rings. The summed E-state index contributed by atoms with van der Waals surface area (Å²) in [6.07, 6.45) is 1.58. The first-order chi connectivity index (χ1) is 19.2. The number of likely N-dealkylation sites (tertiary alicyclic amines) is 1. The van der Waals surface area contributed by atoms with Crippen LogP contribution in [0.25, 0.3) is 0 Å². The molecular weight excluding hydrogens is 510 g/mol. The van der Waals surface area contributed by atoms with Crippen molar-refractivity contribution in [3.63, 3.8) is 0 Å². The van der Waals surface area contributed by atoms with Crippen LogP contribution in [0.2, 0.25) is 0 Å². The van der Waals surface area contributed by atoms with Gasteiger partial charge in [0, 0.05) is 12.2 Å². The Labute approximate surface area is 235 Å². The fourth-order valence-electron chi connectivity index (χ4n) is 7.15. The number of hydrogen-bond acceptors (Lipinski definition) is 6. The van der Waals surface area contributed by atoms with Gasteiger partial charge in [0.2, 0.25) is 17.7 Å². The summed E-state index contributed by atoms with van der Waals surface area (Å²) in [6.45, 7) is 6.04. The van der Waals surface area contributed by atoms with Gasteiger partial charge in [0.1, 0.15) is 17.4 Å². The van der Waals surface area contributed by atoms with Gasteiger partial charge in [-0.25, -0.2) is 0 Å². The number of amides is 3. The van der Waals surface area contributed by atoms with E-state index in [1.165, 1.54) is 4.90 Å². The van der Waals surface area contributed by atoms with Gasteiger partial charge in [-0.05, 0) is 61.9 Å². The van der Waals surface area contributed by atoms with Crippen molar-refractivity contribution < 1.29 is 29.0 Å². The highest BCUT2D eigenvalue weighted by molar-refractivity contribution is 6.04. The van der Waals surface area contributed by atoms with Gasteiger partial charge in [0.05, 0.1) is 37.2 Å². The molecule has 1 spiro atoms. The van der Waals surface area contributed by atoms with Gasteiger partial charge in [0.15, 0.2) is 0 Å². The molecule has 7 atom stereocenters. The summed E-state index contributed by atoms with van der Waals surface area (Å²) in [5.41, 5.74) is -0.608. The van der Waals surface area contributed by atoms with E-state index in [9.17, 15) is 19.5 Å². The van der Waals surface area contributed by atoms with Gasteiger partial charge >= 0.3 is 0 Å². The molecule has 5 rings (SSSR count). The SMILES string of the molecule is CCCNC(=O)[C@H]1[C@H]2C(=O)N([C@@H](CO)Cc3ccccc3)C(C(=O)Nc3ccc(OC)cc3)C23CC(C)[C@]1(C)O3. The molecule has 0 aliphatic carbocycles. The molecule has 3 aliphatic heterocycles. The Kier molecular flexibility index (Phi) is 7.63. The number of fused-ring (bicyclic) bond motifs is 1. The lowest BCUT2D eigenvalue weighted by atomic mass is 9.62. The summed E-state index contributed by atoms with van der Waals surface area (Å²) in [7, 11) is 1.57. The van der Waals surface area contributed by atoms with Gasteiger partial charge in [-0.1, -0.05) is 44.2 Å². The van der Waals surface area contributed by atoms with E-state index in [2.05, 4.69) is 10.6 Å². The van der Waals surface area contributed by atoms with E-state index in [-0.39, 0.29) is 24.3 Å². The van der Waals surface area contributed by atoms with Crippen molar-refractivity contribution >= 4 is 23.4 Å². The van der Waals surface area contributed by atoms with Gasteiger partial charge in [-0.15, -0.1) is 0 Å². The maximum atomic E-state index is 14.4. The van der Waals surface area contributed by atoms with Crippen LogP contribution in [0.3, 0.4) is 0 Å². The molecule has 3 heterocycles. The van der Waals surface area contributed by atoms with Crippen LogP contribution in [0, 0.1) is 17.8 Å². The molecule has 3 amide bonds. The van der Waals surface area contributed by atoms with Gasteiger partial charge in [-0.3, -0.25) is 14.4 Å². The molecule has 40 heavy (non-hydrogen) atoms. The Hall–Kier alpha value is -3.43. The Morgan fingerprint density at radius 1 is 1.15 bits per heavy atom. The molecule has 3 aliphatic rings. The fourth-order valence-corrected chi connectivity index (χ4v) is 7.15. The third-order valence-electron chi connectivity index (χ3n) is 9.11. The van der Waals surface area contributed by atoms with Crippen molar-refractivity contribution in [2.45, 2.75) is 63.3 Å². The number of aliphatic hydroxyl groups excluding tert-OH is 1. The average molecular weight is 550 g/mol. The zero-order valence-electron chi connectivity index (χ0n) is 23.6. The lowest BCUT2D eigenvalue weighted by molar-refractivity contribution is -0.149. The molecule has 9 nitrogen and oxygen atoms in total. The molecule has 2 aromatic carbocycles. The van der Waals surface area contributed by atoms with Crippen LogP contribution in [0.15, 0.2) is 54.6 Å². The minimum atomic E-state index is -1.19. The molecular formula is C31H39N3O6. The van der Waals surface area contributed by atoms with Gasteiger partial charge in [0.25, 0.3) is 0 Å². The van der Waals surface area contributed by atoms with Crippen molar-refractivity contribution in [2.75, 3.05) is 25.6 Å². The van der Waals surface area contributed by atoms with Crippen LogP contribution in [0.5, 0.6) is 5.75 Å². The normalized spacial score (nSPS) is 31.1. The van der Waals surface area contributed by atoms with E-state index in [1.54, 1.807) is 31.4 Å². The number of methoxy groups -OCH3 is 1. The number of anilines is 1. The summed E-state index contributed by atoms with van der Waals surface area (Å²) in [5, 5.41) is 16.5. The number of carbonyl (C=O) groups excluding carboxylic acids is 3. The second-order valence-electron chi connectivity index (χ2n) is 11.5. The standard InChI is InChI=1S/C31H39N3O6/c1-5-15-32-27(36)24-25-29(38)34(22(18-35)16-20-9-7-6-8-10-20)26(31(25)17-19(2)30(24,3)40-31)28(37)33-21-11-13-23(39-4)14-12-21/h6-14,19,22,24-26,35H,5,15-18H2,1-4H3,(H,32,36)(H,33,37)/t19?,22-,24-,25+,26?,30+,31?/m1/s1. The second-order valence-corrected chi connectivity index (χ2v) is 11.5. The summed E-state index contributed by atoms with van der Waals surface area (Å²) in [5.74, 6) is -1.94. The predicted molar refractivity (Wildman–Crippen MR) is 150 cm³/mol. The Bertz CT molecular complexity index is 1250. The molecule has 2 aromatic rings. The minimum absolute atomic E-state index is 0.0631. The largest absolute Gasteiger partial charge is 0.497 e. The zero-order chi connectivity index (χ0) is 28.7.